The quantitative estimate of drug-likeness (QED) is 0.518. The van der Waals surface area contributed by atoms with Crippen molar-refractivity contribution >= 4 is 5.97 Å². The average molecular weight is 457 g/mol. The minimum atomic E-state index is -0.843. The SMILES string of the molecule is C=C1CCC2C3(C)COC(c4ccc(F)cc4)OC3CCC2(C)C1CC(O)C1=CCOC1=O. The molecule has 7 unspecified atom stereocenters. The second-order valence-electron chi connectivity index (χ2n) is 10.7. The van der Waals surface area contributed by atoms with Crippen LogP contribution >= 0.6 is 0 Å². The van der Waals surface area contributed by atoms with Crippen molar-refractivity contribution in [2.24, 2.45) is 22.7 Å². The van der Waals surface area contributed by atoms with Crippen LogP contribution in [0.25, 0.3) is 0 Å². The first-order valence-electron chi connectivity index (χ1n) is 12.0. The van der Waals surface area contributed by atoms with Gasteiger partial charge in [0, 0.05) is 11.0 Å². The molecule has 0 spiro atoms. The number of aliphatic hydroxyl groups is 1. The van der Waals surface area contributed by atoms with E-state index >= 15 is 0 Å². The molecule has 1 aromatic rings. The van der Waals surface area contributed by atoms with E-state index in [1.807, 2.05) is 0 Å². The Hall–Kier alpha value is -2.02. The third-order valence-electron chi connectivity index (χ3n) is 8.86. The Labute approximate surface area is 194 Å². The van der Waals surface area contributed by atoms with E-state index in [4.69, 9.17) is 14.2 Å². The fraction of sp³-hybridized carbons (Fsp3) is 0.593. The lowest BCUT2D eigenvalue weighted by Crippen LogP contribution is -2.60. The van der Waals surface area contributed by atoms with Gasteiger partial charge in [0.05, 0.1) is 24.4 Å². The standard InChI is InChI=1S/C27H33FO5/c1-16-4-9-22-26(2,20(16)14-21(29)19-11-13-31-24(19)30)12-10-23-27(22,3)15-32-25(33-23)17-5-7-18(28)8-6-17/h5-8,11,20-23,25,29H,1,4,9-10,12-15H2,2-3H3. The van der Waals surface area contributed by atoms with E-state index in [0.717, 1.165) is 36.8 Å². The van der Waals surface area contributed by atoms with Gasteiger partial charge in [0.15, 0.2) is 6.29 Å². The summed E-state index contributed by atoms with van der Waals surface area (Å²) >= 11 is 0. The van der Waals surface area contributed by atoms with E-state index in [0.29, 0.717) is 24.5 Å². The van der Waals surface area contributed by atoms with Crippen molar-refractivity contribution in [3.05, 3.63) is 59.4 Å². The molecule has 0 bridgehead atoms. The molecule has 5 nitrogen and oxygen atoms in total. The number of benzene rings is 1. The van der Waals surface area contributed by atoms with E-state index in [1.165, 1.54) is 12.1 Å². The van der Waals surface area contributed by atoms with Crippen molar-refractivity contribution in [2.45, 2.75) is 64.4 Å². The van der Waals surface area contributed by atoms with Crippen LogP contribution in [-0.2, 0) is 19.0 Å². The van der Waals surface area contributed by atoms with Gasteiger partial charge in [-0.2, -0.15) is 0 Å². The van der Waals surface area contributed by atoms with E-state index in [2.05, 4.69) is 20.4 Å². The third-order valence-corrected chi connectivity index (χ3v) is 8.86. The lowest BCUT2D eigenvalue weighted by molar-refractivity contribution is -0.307. The number of ether oxygens (including phenoxy) is 3. The van der Waals surface area contributed by atoms with Crippen molar-refractivity contribution in [1.29, 1.82) is 0 Å². The molecule has 2 aliphatic heterocycles. The summed E-state index contributed by atoms with van der Waals surface area (Å²) in [5, 5.41) is 10.9. The van der Waals surface area contributed by atoms with Crippen LogP contribution in [-0.4, -0.2) is 36.5 Å². The lowest BCUT2D eigenvalue weighted by Gasteiger charge is -2.62. The van der Waals surface area contributed by atoms with Crippen LogP contribution < -0.4 is 0 Å². The highest BCUT2D eigenvalue weighted by molar-refractivity contribution is 5.91. The Bertz CT molecular complexity index is 971. The number of allylic oxidation sites excluding steroid dienone is 1. The van der Waals surface area contributed by atoms with Crippen LogP contribution in [0.1, 0.15) is 57.8 Å². The maximum absolute atomic E-state index is 13.4. The van der Waals surface area contributed by atoms with Crippen LogP contribution in [0.2, 0.25) is 0 Å². The largest absolute Gasteiger partial charge is 0.458 e. The van der Waals surface area contributed by atoms with Gasteiger partial charge in [-0.3, -0.25) is 0 Å². The van der Waals surface area contributed by atoms with Crippen molar-refractivity contribution < 1.29 is 28.5 Å². The highest BCUT2D eigenvalue weighted by atomic mass is 19.1. The van der Waals surface area contributed by atoms with E-state index < -0.39 is 18.4 Å². The first kappa shape index (κ1) is 22.8. The molecule has 3 fully saturated rings. The van der Waals surface area contributed by atoms with Gasteiger partial charge in [0.1, 0.15) is 12.4 Å². The summed E-state index contributed by atoms with van der Waals surface area (Å²) in [5.74, 6) is -0.245. The van der Waals surface area contributed by atoms with Gasteiger partial charge < -0.3 is 19.3 Å². The number of halogens is 1. The number of cyclic esters (lactones) is 1. The molecule has 6 heteroatoms. The lowest BCUT2D eigenvalue weighted by atomic mass is 9.45. The minimum absolute atomic E-state index is 0.0452. The van der Waals surface area contributed by atoms with Gasteiger partial charge in [0.25, 0.3) is 0 Å². The Morgan fingerprint density at radius 2 is 1.97 bits per heavy atom. The maximum Gasteiger partial charge on any atom is 0.336 e. The van der Waals surface area contributed by atoms with Gasteiger partial charge in [-0.25, -0.2) is 9.18 Å². The van der Waals surface area contributed by atoms with Crippen LogP contribution in [0.5, 0.6) is 0 Å². The number of hydrogen-bond acceptors (Lipinski definition) is 5. The van der Waals surface area contributed by atoms with Crippen molar-refractivity contribution in [2.75, 3.05) is 13.2 Å². The number of carbonyl (C=O) groups is 1. The molecular formula is C27H33FO5. The summed E-state index contributed by atoms with van der Waals surface area (Å²) in [6.07, 6.45) is 4.63. The summed E-state index contributed by atoms with van der Waals surface area (Å²) in [6.45, 7) is 9.76. The normalized spacial score (nSPS) is 39.3. The molecule has 1 saturated heterocycles. The third kappa shape index (κ3) is 3.76. The number of hydrogen-bond donors (Lipinski definition) is 1. The number of rotatable bonds is 4. The molecule has 0 amide bonds. The van der Waals surface area contributed by atoms with Gasteiger partial charge in [-0.15, -0.1) is 0 Å². The smallest absolute Gasteiger partial charge is 0.336 e. The molecule has 2 aliphatic carbocycles. The maximum atomic E-state index is 13.4. The molecular weight excluding hydrogens is 423 g/mol. The molecule has 33 heavy (non-hydrogen) atoms. The fourth-order valence-corrected chi connectivity index (χ4v) is 7.06. The monoisotopic (exact) mass is 456 g/mol. The number of aliphatic hydroxyl groups excluding tert-OH is 1. The number of carbonyl (C=O) groups excluding carboxylic acids is 1. The molecule has 1 aromatic carbocycles. The van der Waals surface area contributed by atoms with Gasteiger partial charge in [0.2, 0.25) is 0 Å². The van der Waals surface area contributed by atoms with Crippen LogP contribution in [0.4, 0.5) is 4.39 Å². The van der Waals surface area contributed by atoms with Gasteiger partial charge in [-0.05, 0) is 67.6 Å². The second kappa shape index (κ2) is 8.33. The first-order valence-corrected chi connectivity index (χ1v) is 12.0. The summed E-state index contributed by atoms with van der Waals surface area (Å²) in [4.78, 5) is 12.0. The van der Waals surface area contributed by atoms with Gasteiger partial charge in [-0.1, -0.05) is 38.1 Å². The zero-order valence-corrected chi connectivity index (χ0v) is 19.4. The zero-order chi connectivity index (χ0) is 23.4. The number of fused-ring (bicyclic) bond motifs is 3. The molecule has 5 rings (SSSR count). The van der Waals surface area contributed by atoms with E-state index in [-0.39, 0.29) is 35.3 Å². The highest BCUT2D eigenvalue weighted by Gasteiger charge is 2.60. The van der Waals surface area contributed by atoms with E-state index in [9.17, 15) is 14.3 Å². The molecule has 1 N–H and O–H groups in total. The molecule has 4 aliphatic rings. The molecule has 0 aromatic heterocycles. The molecule has 2 heterocycles. The van der Waals surface area contributed by atoms with Crippen molar-refractivity contribution in [3.63, 3.8) is 0 Å². The molecule has 7 atom stereocenters. The van der Waals surface area contributed by atoms with Crippen LogP contribution in [0.3, 0.4) is 0 Å². The topological polar surface area (TPSA) is 65.0 Å². The summed E-state index contributed by atoms with van der Waals surface area (Å²) in [5.41, 5.74) is 2.13. The summed E-state index contributed by atoms with van der Waals surface area (Å²) < 4.78 is 31.0. The Balaban J connectivity index is 1.36. The van der Waals surface area contributed by atoms with Crippen molar-refractivity contribution in [1.82, 2.24) is 0 Å². The highest BCUT2D eigenvalue weighted by Crippen LogP contribution is 2.64. The van der Waals surface area contributed by atoms with Crippen molar-refractivity contribution in [3.8, 4) is 0 Å². The van der Waals surface area contributed by atoms with E-state index in [1.54, 1.807) is 18.2 Å². The summed E-state index contributed by atoms with van der Waals surface area (Å²) in [6, 6.07) is 6.32. The zero-order valence-electron chi connectivity index (χ0n) is 19.4. The summed E-state index contributed by atoms with van der Waals surface area (Å²) in [7, 11) is 0. The molecule has 0 radical (unpaired) electrons. The Morgan fingerprint density at radius 1 is 1.21 bits per heavy atom. The Morgan fingerprint density at radius 3 is 2.67 bits per heavy atom. The van der Waals surface area contributed by atoms with Gasteiger partial charge >= 0.3 is 5.97 Å². The Kier molecular flexibility index (Phi) is 5.74. The predicted octanol–water partition coefficient (Wildman–Crippen LogP) is 4.86. The van der Waals surface area contributed by atoms with Crippen LogP contribution in [0, 0.1) is 28.5 Å². The molecule has 2 saturated carbocycles. The van der Waals surface area contributed by atoms with Crippen LogP contribution in [0.15, 0.2) is 48.1 Å². The average Bonchev–Trinajstić information content (AvgIpc) is 3.22. The fourth-order valence-electron chi connectivity index (χ4n) is 7.06. The predicted molar refractivity (Wildman–Crippen MR) is 120 cm³/mol. The molecule has 178 valence electrons. The first-order chi connectivity index (χ1) is 15.7. The second-order valence-corrected chi connectivity index (χ2v) is 10.7. The number of esters is 1. The minimum Gasteiger partial charge on any atom is -0.458 e.